The van der Waals surface area contributed by atoms with Gasteiger partial charge in [0.1, 0.15) is 16.1 Å². The van der Waals surface area contributed by atoms with Gasteiger partial charge in [-0.3, -0.25) is 0 Å². The van der Waals surface area contributed by atoms with Gasteiger partial charge in [-0.15, -0.1) is 0 Å². The Morgan fingerprint density at radius 3 is 2.65 bits per heavy atom. The van der Waals surface area contributed by atoms with Crippen LogP contribution >= 0.6 is 12.2 Å². The number of ether oxygens (including phenoxy) is 1. The van der Waals surface area contributed by atoms with Crippen molar-refractivity contribution in [3.63, 3.8) is 0 Å². The van der Waals surface area contributed by atoms with Crippen LogP contribution in [-0.2, 0) is 16.8 Å². The number of nitrogens with zero attached hydrogens (tertiary/aromatic N) is 1. The Hall–Kier alpha value is -0.740. The molecule has 0 amide bonds. The van der Waals surface area contributed by atoms with Gasteiger partial charge in [0.15, 0.2) is 0 Å². The van der Waals surface area contributed by atoms with Crippen molar-refractivity contribution in [3.8, 4) is 0 Å². The third-order valence-corrected chi connectivity index (χ3v) is 3.26. The molecule has 1 rings (SSSR count). The second-order valence-corrected chi connectivity index (χ2v) is 5.40. The highest BCUT2D eigenvalue weighted by molar-refractivity contribution is 7.71. The number of nitrogens with one attached hydrogen (secondary N) is 1. The van der Waals surface area contributed by atoms with Crippen molar-refractivity contribution >= 4 is 12.2 Å². The average Bonchev–Trinajstić information content (AvgIpc) is 2.26. The minimum atomic E-state index is -0.388. The molecule has 96 valence electrons. The molecule has 0 aliphatic heterocycles. The summed E-state index contributed by atoms with van der Waals surface area (Å²) < 4.78 is 6.18. The molecule has 1 aromatic heterocycles. The van der Waals surface area contributed by atoms with Gasteiger partial charge in [-0.05, 0) is 31.7 Å². The molecule has 0 radical (unpaired) electrons. The second kappa shape index (κ2) is 5.74. The van der Waals surface area contributed by atoms with Crippen molar-refractivity contribution < 1.29 is 4.74 Å². The van der Waals surface area contributed by atoms with Crippen LogP contribution in [0.25, 0.3) is 0 Å². The quantitative estimate of drug-likeness (QED) is 0.816. The maximum atomic E-state index is 5.55. The molecular weight excluding hydrogens is 232 g/mol. The van der Waals surface area contributed by atoms with Crippen LogP contribution in [0.5, 0.6) is 0 Å². The van der Waals surface area contributed by atoms with Crippen molar-refractivity contribution in [2.45, 2.75) is 46.1 Å². The van der Waals surface area contributed by atoms with E-state index in [4.69, 9.17) is 17.0 Å². The van der Waals surface area contributed by atoms with Crippen molar-refractivity contribution in [1.82, 2.24) is 9.97 Å². The van der Waals surface area contributed by atoms with Gasteiger partial charge in [0, 0.05) is 12.8 Å². The van der Waals surface area contributed by atoms with E-state index in [0.29, 0.717) is 10.6 Å². The van der Waals surface area contributed by atoms with Crippen LogP contribution in [0.1, 0.15) is 45.6 Å². The van der Waals surface area contributed by atoms with Crippen LogP contribution in [0.15, 0.2) is 6.07 Å². The van der Waals surface area contributed by atoms with E-state index in [1.807, 2.05) is 13.0 Å². The first-order valence-electron chi connectivity index (χ1n) is 6.07. The van der Waals surface area contributed by atoms with Gasteiger partial charge >= 0.3 is 0 Å². The first kappa shape index (κ1) is 14.3. The lowest BCUT2D eigenvalue weighted by Gasteiger charge is -2.26. The normalized spacial score (nSPS) is 14.9. The molecule has 0 aliphatic rings. The van der Waals surface area contributed by atoms with Gasteiger partial charge in [-0.1, -0.05) is 33.0 Å². The summed E-state index contributed by atoms with van der Waals surface area (Å²) in [6.07, 6.45) is 1.83. The predicted molar refractivity (Wildman–Crippen MR) is 72.6 cm³/mol. The fourth-order valence-corrected chi connectivity index (χ4v) is 1.95. The molecule has 0 fully saturated rings. The summed E-state index contributed by atoms with van der Waals surface area (Å²) in [5.74, 6) is 1.41. The van der Waals surface area contributed by atoms with E-state index in [-0.39, 0.29) is 5.60 Å². The Morgan fingerprint density at radius 1 is 1.53 bits per heavy atom. The Balaban J connectivity index is 3.17. The molecule has 1 atom stereocenters. The SMILES string of the molecule is CCC(C)(OC)c1nc(=S)cc(CC(C)C)[nH]1. The molecule has 4 heteroatoms. The van der Waals surface area contributed by atoms with Crippen LogP contribution in [0.3, 0.4) is 0 Å². The summed E-state index contributed by atoms with van der Waals surface area (Å²) in [6.45, 7) is 8.48. The standard InChI is InChI=1S/C13H22N2OS/c1-6-13(4,16-5)12-14-10(7-9(2)3)8-11(17)15-12/h8-9H,6-7H2,1-5H3,(H,14,15,17). The average molecular weight is 254 g/mol. The number of hydrogen-bond acceptors (Lipinski definition) is 3. The third-order valence-electron chi connectivity index (χ3n) is 3.05. The molecule has 1 N–H and O–H groups in total. The van der Waals surface area contributed by atoms with Gasteiger partial charge in [-0.2, -0.15) is 0 Å². The zero-order valence-corrected chi connectivity index (χ0v) is 12.1. The fraction of sp³-hybridized carbons (Fsp3) is 0.692. The summed E-state index contributed by atoms with van der Waals surface area (Å²) in [5.41, 5.74) is 0.743. The highest BCUT2D eigenvalue weighted by Crippen LogP contribution is 2.25. The van der Waals surface area contributed by atoms with Crippen LogP contribution in [0, 0.1) is 10.6 Å². The molecule has 17 heavy (non-hydrogen) atoms. The third kappa shape index (κ3) is 3.61. The second-order valence-electron chi connectivity index (χ2n) is 4.98. The van der Waals surface area contributed by atoms with E-state index in [1.54, 1.807) is 7.11 Å². The van der Waals surface area contributed by atoms with E-state index >= 15 is 0 Å². The molecule has 0 saturated carbocycles. The van der Waals surface area contributed by atoms with Gasteiger partial charge < -0.3 is 9.72 Å². The fourth-order valence-electron chi connectivity index (χ4n) is 1.72. The van der Waals surface area contributed by atoms with Crippen LogP contribution in [-0.4, -0.2) is 17.1 Å². The highest BCUT2D eigenvalue weighted by atomic mass is 32.1. The van der Waals surface area contributed by atoms with E-state index in [1.165, 1.54) is 0 Å². The summed E-state index contributed by atoms with van der Waals surface area (Å²) in [4.78, 5) is 7.75. The summed E-state index contributed by atoms with van der Waals surface area (Å²) in [6, 6.07) is 1.94. The number of H-pyrrole nitrogens is 1. The lowest BCUT2D eigenvalue weighted by atomic mass is 10.0. The number of methoxy groups -OCH3 is 1. The Bertz CT molecular complexity index is 422. The summed E-state index contributed by atoms with van der Waals surface area (Å²) in [5, 5.41) is 0. The monoisotopic (exact) mass is 254 g/mol. The maximum Gasteiger partial charge on any atom is 0.139 e. The van der Waals surface area contributed by atoms with Crippen LogP contribution in [0.4, 0.5) is 0 Å². The van der Waals surface area contributed by atoms with Gasteiger partial charge in [-0.25, -0.2) is 4.98 Å². The molecule has 0 spiro atoms. The lowest BCUT2D eigenvalue weighted by Crippen LogP contribution is -2.27. The molecule has 0 aliphatic carbocycles. The highest BCUT2D eigenvalue weighted by Gasteiger charge is 2.26. The molecule has 0 saturated heterocycles. The first-order chi connectivity index (χ1) is 7.91. The molecule has 1 unspecified atom stereocenters. The topological polar surface area (TPSA) is 37.9 Å². The first-order valence-corrected chi connectivity index (χ1v) is 6.48. The Kier molecular flexibility index (Phi) is 4.83. The van der Waals surface area contributed by atoms with Crippen molar-refractivity contribution in [1.29, 1.82) is 0 Å². The smallest absolute Gasteiger partial charge is 0.139 e. The molecular formula is C13H22N2OS. The molecule has 0 aromatic carbocycles. The van der Waals surface area contributed by atoms with Gasteiger partial charge in [0.25, 0.3) is 0 Å². The maximum absolute atomic E-state index is 5.55. The van der Waals surface area contributed by atoms with E-state index < -0.39 is 0 Å². The minimum absolute atomic E-state index is 0.388. The van der Waals surface area contributed by atoms with Crippen LogP contribution in [0.2, 0.25) is 0 Å². The number of rotatable bonds is 5. The summed E-state index contributed by atoms with van der Waals surface area (Å²) >= 11 is 5.22. The zero-order valence-electron chi connectivity index (χ0n) is 11.3. The predicted octanol–water partition coefficient (Wildman–Crippen LogP) is 3.61. The van der Waals surface area contributed by atoms with Crippen molar-refractivity contribution in [2.75, 3.05) is 7.11 Å². The van der Waals surface area contributed by atoms with Crippen LogP contribution < -0.4 is 0 Å². The Morgan fingerprint density at radius 2 is 2.18 bits per heavy atom. The van der Waals surface area contributed by atoms with Gasteiger partial charge in [0.05, 0.1) is 0 Å². The van der Waals surface area contributed by atoms with Crippen molar-refractivity contribution in [3.05, 3.63) is 22.2 Å². The zero-order chi connectivity index (χ0) is 13.1. The largest absolute Gasteiger partial charge is 0.371 e. The van der Waals surface area contributed by atoms with E-state index in [2.05, 4.69) is 30.7 Å². The van der Waals surface area contributed by atoms with E-state index in [9.17, 15) is 0 Å². The molecule has 3 nitrogen and oxygen atoms in total. The Labute approximate surface area is 109 Å². The van der Waals surface area contributed by atoms with Gasteiger partial charge in [0.2, 0.25) is 0 Å². The number of aromatic amines is 1. The number of hydrogen-bond donors (Lipinski definition) is 1. The number of aromatic nitrogens is 2. The summed E-state index contributed by atoms with van der Waals surface area (Å²) in [7, 11) is 1.71. The molecule has 0 bridgehead atoms. The van der Waals surface area contributed by atoms with Crippen molar-refractivity contribution in [2.24, 2.45) is 5.92 Å². The minimum Gasteiger partial charge on any atom is -0.371 e. The molecule has 1 aromatic rings. The molecule has 1 heterocycles. The lowest BCUT2D eigenvalue weighted by molar-refractivity contribution is -0.00926. The van der Waals surface area contributed by atoms with E-state index in [0.717, 1.165) is 24.4 Å².